The Morgan fingerprint density at radius 1 is 1.33 bits per heavy atom. The highest BCUT2D eigenvalue weighted by Crippen LogP contribution is 2.12. The average molecular weight is 251 g/mol. The van der Waals surface area contributed by atoms with Crippen LogP contribution in [0, 0.1) is 18.8 Å². The predicted octanol–water partition coefficient (Wildman–Crippen LogP) is 3.37. The normalized spacial score (nSPS) is 13.2. The van der Waals surface area contributed by atoms with Crippen molar-refractivity contribution in [2.45, 2.75) is 60.5 Å². The van der Waals surface area contributed by atoms with Crippen LogP contribution < -0.4 is 5.32 Å². The summed E-state index contributed by atoms with van der Waals surface area (Å²) in [6, 6.07) is 0. The van der Waals surface area contributed by atoms with Crippen LogP contribution in [0.5, 0.6) is 0 Å². The molecule has 104 valence electrons. The predicted molar refractivity (Wildman–Crippen MR) is 77.6 cm³/mol. The highest BCUT2D eigenvalue weighted by Gasteiger charge is 2.09. The Balaban J connectivity index is 2.49. The molecule has 0 aliphatic heterocycles. The summed E-state index contributed by atoms with van der Waals surface area (Å²) in [6.07, 6.45) is 4.55. The van der Waals surface area contributed by atoms with E-state index in [9.17, 15) is 0 Å². The number of nitrogens with zero attached hydrogens (tertiary/aromatic N) is 2. The van der Waals surface area contributed by atoms with E-state index in [1.165, 1.54) is 24.1 Å². The number of rotatable bonds is 8. The van der Waals surface area contributed by atoms with Crippen molar-refractivity contribution < 1.29 is 0 Å². The van der Waals surface area contributed by atoms with Gasteiger partial charge in [0.2, 0.25) is 0 Å². The molecular formula is C15H29N3. The van der Waals surface area contributed by atoms with Crippen molar-refractivity contribution >= 4 is 0 Å². The molecule has 1 heterocycles. The van der Waals surface area contributed by atoms with Crippen LogP contribution in [0.1, 0.15) is 51.8 Å². The van der Waals surface area contributed by atoms with Gasteiger partial charge in [0.25, 0.3) is 0 Å². The van der Waals surface area contributed by atoms with Gasteiger partial charge in [0.05, 0.1) is 6.20 Å². The second-order valence-corrected chi connectivity index (χ2v) is 5.86. The first-order valence-corrected chi connectivity index (χ1v) is 7.26. The van der Waals surface area contributed by atoms with E-state index in [0.717, 1.165) is 19.6 Å². The van der Waals surface area contributed by atoms with Gasteiger partial charge in [-0.2, -0.15) is 5.10 Å². The van der Waals surface area contributed by atoms with Crippen molar-refractivity contribution in [3.05, 3.63) is 17.5 Å². The molecule has 3 nitrogen and oxygen atoms in total. The maximum atomic E-state index is 4.51. The third kappa shape index (κ3) is 4.81. The molecule has 18 heavy (non-hydrogen) atoms. The standard InChI is InChI=1S/C15H29N3/c1-6-7-13(4)11-18-14(5)15(10-17-18)9-16-8-12(2)3/h10,12-13,16H,6-9,11H2,1-5H3. The molecule has 0 aliphatic carbocycles. The molecule has 0 bridgehead atoms. The average Bonchev–Trinajstić information content (AvgIpc) is 2.61. The zero-order valence-corrected chi connectivity index (χ0v) is 12.7. The number of hydrogen-bond acceptors (Lipinski definition) is 2. The summed E-state index contributed by atoms with van der Waals surface area (Å²) in [6.45, 7) is 14.2. The van der Waals surface area contributed by atoms with Crippen LogP contribution in [0.3, 0.4) is 0 Å². The van der Waals surface area contributed by atoms with Crippen molar-refractivity contribution in [2.24, 2.45) is 11.8 Å². The molecule has 0 fully saturated rings. The van der Waals surface area contributed by atoms with E-state index in [0.29, 0.717) is 11.8 Å². The second-order valence-electron chi connectivity index (χ2n) is 5.86. The molecule has 1 atom stereocenters. The van der Waals surface area contributed by atoms with Crippen LogP contribution in [0.15, 0.2) is 6.20 Å². The fourth-order valence-electron chi connectivity index (χ4n) is 2.22. The molecule has 0 saturated carbocycles. The first kappa shape index (κ1) is 15.2. The lowest BCUT2D eigenvalue weighted by Gasteiger charge is -2.12. The van der Waals surface area contributed by atoms with Crippen molar-refractivity contribution in [3.63, 3.8) is 0 Å². The second kappa shape index (κ2) is 7.57. The molecule has 0 amide bonds. The SMILES string of the molecule is CCCC(C)Cn1ncc(CNCC(C)C)c1C. The fourth-order valence-corrected chi connectivity index (χ4v) is 2.22. The molecule has 1 aromatic rings. The highest BCUT2D eigenvalue weighted by atomic mass is 15.3. The van der Waals surface area contributed by atoms with E-state index >= 15 is 0 Å². The van der Waals surface area contributed by atoms with E-state index in [2.05, 4.69) is 49.7 Å². The summed E-state index contributed by atoms with van der Waals surface area (Å²) in [5, 5.41) is 7.99. The zero-order valence-electron chi connectivity index (χ0n) is 12.7. The van der Waals surface area contributed by atoms with E-state index in [1.807, 2.05) is 6.20 Å². The van der Waals surface area contributed by atoms with Crippen LogP contribution in [0.4, 0.5) is 0 Å². The van der Waals surface area contributed by atoms with Gasteiger partial charge in [-0.15, -0.1) is 0 Å². The Kier molecular flexibility index (Phi) is 6.41. The molecule has 1 rings (SSSR count). The van der Waals surface area contributed by atoms with Crippen LogP contribution in [0.25, 0.3) is 0 Å². The minimum absolute atomic E-state index is 0.699. The first-order valence-electron chi connectivity index (χ1n) is 7.26. The lowest BCUT2D eigenvalue weighted by Crippen LogP contribution is -2.19. The van der Waals surface area contributed by atoms with Gasteiger partial charge in [0, 0.05) is 24.3 Å². The van der Waals surface area contributed by atoms with Crippen LogP contribution >= 0.6 is 0 Å². The Morgan fingerprint density at radius 2 is 2.06 bits per heavy atom. The Morgan fingerprint density at radius 3 is 2.67 bits per heavy atom. The molecule has 1 unspecified atom stereocenters. The maximum Gasteiger partial charge on any atom is 0.0537 e. The lowest BCUT2D eigenvalue weighted by atomic mass is 10.1. The Bertz CT molecular complexity index is 342. The van der Waals surface area contributed by atoms with Gasteiger partial charge in [-0.25, -0.2) is 0 Å². The van der Waals surface area contributed by atoms with Gasteiger partial charge in [-0.3, -0.25) is 4.68 Å². The van der Waals surface area contributed by atoms with Gasteiger partial charge in [-0.05, 0) is 31.7 Å². The molecule has 3 heteroatoms. The van der Waals surface area contributed by atoms with Crippen LogP contribution in [-0.2, 0) is 13.1 Å². The fraction of sp³-hybridized carbons (Fsp3) is 0.800. The molecular weight excluding hydrogens is 222 g/mol. The van der Waals surface area contributed by atoms with E-state index in [4.69, 9.17) is 0 Å². The summed E-state index contributed by atoms with van der Waals surface area (Å²) < 4.78 is 2.16. The largest absolute Gasteiger partial charge is 0.312 e. The molecule has 0 aromatic carbocycles. The third-order valence-electron chi connectivity index (χ3n) is 3.34. The van der Waals surface area contributed by atoms with E-state index in [-0.39, 0.29) is 0 Å². The molecule has 0 aliphatic rings. The third-order valence-corrected chi connectivity index (χ3v) is 3.34. The zero-order chi connectivity index (χ0) is 13.5. The Labute approximate surface area is 112 Å². The maximum absolute atomic E-state index is 4.51. The van der Waals surface area contributed by atoms with Crippen molar-refractivity contribution in [3.8, 4) is 0 Å². The first-order chi connectivity index (χ1) is 8.54. The van der Waals surface area contributed by atoms with E-state index < -0.39 is 0 Å². The summed E-state index contributed by atoms with van der Waals surface area (Å²) in [4.78, 5) is 0. The summed E-state index contributed by atoms with van der Waals surface area (Å²) in [5.74, 6) is 1.41. The minimum Gasteiger partial charge on any atom is -0.312 e. The van der Waals surface area contributed by atoms with Gasteiger partial charge in [0.15, 0.2) is 0 Å². The van der Waals surface area contributed by atoms with Crippen molar-refractivity contribution in [1.29, 1.82) is 0 Å². The molecule has 0 radical (unpaired) electrons. The molecule has 1 aromatic heterocycles. The Hall–Kier alpha value is -0.830. The molecule has 1 N–H and O–H groups in total. The summed E-state index contributed by atoms with van der Waals surface area (Å²) >= 11 is 0. The smallest absolute Gasteiger partial charge is 0.0537 e. The number of aromatic nitrogens is 2. The molecule has 0 saturated heterocycles. The van der Waals surface area contributed by atoms with Crippen molar-refractivity contribution in [2.75, 3.05) is 6.54 Å². The summed E-state index contributed by atoms with van der Waals surface area (Å²) in [7, 11) is 0. The number of hydrogen-bond donors (Lipinski definition) is 1. The lowest BCUT2D eigenvalue weighted by molar-refractivity contribution is 0.414. The van der Waals surface area contributed by atoms with Gasteiger partial charge < -0.3 is 5.32 Å². The van der Waals surface area contributed by atoms with Crippen LogP contribution in [0.2, 0.25) is 0 Å². The minimum atomic E-state index is 0.699. The van der Waals surface area contributed by atoms with Crippen molar-refractivity contribution in [1.82, 2.24) is 15.1 Å². The van der Waals surface area contributed by atoms with Gasteiger partial charge in [-0.1, -0.05) is 34.1 Å². The van der Waals surface area contributed by atoms with Crippen LogP contribution in [-0.4, -0.2) is 16.3 Å². The topological polar surface area (TPSA) is 29.9 Å². The van der Waals surface area contributed by atoms with Gasteiger partial charge >= 0.3 is 0 Å². The highest BCUT2D eigenvalue weighted by molar-refractivity contribution is 5.15. The number of nitrogens with one attached hydrogen (secondary N) is 1. The van der Waals surface area contributed by atoms with E-state index in [1.54, 1.807) is 0 Å². The monoisotopic (exact) mass is 251 g/mol. The molecule has 0 spiro atoms. The van der Waals surface area contributed by atoms with Gasteiger partial charge in [0.1, 0.15) is 0 Å². The quantitative estimate of drug-likeness (QED) is 0.767. The summed E-state index contributed by atoms with van der Waals surface area (Å²) in [5.41, 5.74) is 2.65.